The number of benzene rings is 1. The van der Waals surface area contributed by atoms with E-state index in [-0.39, 0.29) is 11.8 Å². The number of fused-ring (bicyclic) bond motifs is 9. The van der Waals surface area contributed by atoms with Crippen LogP contribution >= 0.6 is 11.3 Å². The summed E-state index contributed by atoms with van der Waals surface area (Å²) in [5.74, 6) is -0.186. The number of para-hydroxylation sites is 1. The molecule has 0 aliphatic heterocycles. The average Bonchev–Trinajstić information content (AvgIpc) is 3.61. The molecule has 0 unspecified atom stereocenters. The largest absolute Gasteiger partial charge is 0.337 e. The van der Waals surface area contributed by atoms with Crippen LogP contribution in [0.2, 0.25) is 0 Å². The summed E-state index contributed by atoms with van der Waals surface area (Å²) >= 11 is 1.56. The number of nitrogens with one attached hydrogen (secondary N) is 2. The van der Waals surface area contributed by atoms with Gasteiger partial charge in [-0.2, -0.15) is 5.10 Å². The normalized spacial score (nSPS) is 12.1. The van der Waals surface area contributed by atoms with Gasteiger partial charge in [-0.15, -0.1) is 11.3 Å². The van der Waals surface area contributed by atoms with Crippen molar-refractivity contribution in [3.63, 3.8) is 0 Å². The second-order valence-corrected chi connectivity index (χ2v) is 9.93. The number of pyridine rings is 2. The minimum atomic E-state index is -0.188. The second kappa shape index (κ2) is 7.31. The number of aromatic amines is 2. The molecule has 8 bridgehead atoms. The molecule has 6 heterocycles. The zero-order valence-corrected chi connectivity index (χ0v) is 19.7. The standard InChI is InChI=1S/C26H19N7OS/c1-13(2)26(34)33-15-8-14(10-27-11-15)19-9-17-20(12-28-19)31-32-24(17)25-29-18-5-3-4-16(23(18)30-25)21-6-7-22(33)35-21/h3-13H,1-2H3,(H,29,30)(H,31,32). The first-order valence-corrected chi connectivity index (χ1v) is 12.1. The van der Waals surface area contributed by atoms with E-state index in [1.54, 1.807) is 34.5 Å². The summed E-state index contributed by atoms with van der Waals surface area (Å²) in [6.45, 7) is 3.82. The molecule has 35 heavy (non-hydrogen) atoms. The SMILES string of the molecule is CC(C)C(=O)n1c2cncc(c2)c2cc3c(cn2)[nH]nc3c2nc3c(cccc3c3ccc1s3)[nH]2. The fraction of sp³-hybridized carbons (Fsp3) is 0.115. The molecule has 0 amide bonds. The van der Waals surface area contributed by atoms with Gasteiger partial charge in [0.1, 0.15) is 10.3 Å². The number of rotatable bonds is 1. The van der Waals surface area contributed by atoms with Gasteiger partial charge in [0, 0.05) is 33.0 Å². The Morgan fingerprint density at radius 2 is 1.91 bits per heavy atom. The average molecular weight is 478 g/mol. The highest BCUT2D eigenvalue weighted by molar-refractivity contribution is 7.24. The van der Waals surface area contributed by atoms with Crippen molar-refractivity contribution in [2.75, 3.05) is 0 Å². The van der Waals surface area contributed by atoms with Gasteiger partial charge < -0.3 is 4.98 Å². The fourth-order valence-corrected chi connectivity index (χ4v) is 5.56. The Hall–Kier alpha value is -4.37. The summed E-state index contributed by atoms with van der Waals surface area (Å²) in [5, 5.41) is 10.3. The number of hydrogen-bond donors (Lipinski definition) is 2. The third-order valence-electron chi connectivity index (χ3n) is 6.25. The summed E-state index contributed by atoms with van der Waals surface area (Å²) in [5.41, 5.74) is 5.47. The Balaban J connectivity index is 1.78. The second-order valence-electron chi connectivity index (χ2n) is 8.87. The number of H-pyrrole nitrogens is 2. The molecule has 0 atom stereocenters. The number of aromatic nitrogens is 7. The lowest BCUT2D eigenvalue weighted by atomic mass is 10.2. The molecule has 7 rings (SSSR count). The first-order valence-electron chi connectivity index (χ1n) is 11.3. The molecule has 7 aromatic rings. The van der Waals surface area contributed by atoms with Crippen molar-refractivity contribution >= 4 is 81.7 Å². The van der Waals surface area contributed by atoms with Crippen molar-refractivity contribution in [2.24, 2.45) is 5.92 Å². The molecular weight excluding hydrogens is 458 g/mol. The van der Waals surface area contributed by atoms with E-state index in [2.05, 4.69) is 31.2 Å². The number of imidazole rings is 1. The van der Waals surface area contributed by atoms with E-state index in [0.29, 0.717) is 11.2 Å². The van der Waals surface area contributed by atoms with Crippen LogP contribution in [-0.4, -0.2) is 40.6 Å². The van der Waals surface area contributed by atoms with Crippen LogP contribution in [0.15, 0.2) is 61.1 Å². The van der Waals surface area contributed by atoms with Crippen molar-refractivity contribution in [3.05, 3.63) is 61.1 Å². The van der Waals surface area contributed by atoms with Gasteiger partial charge in [0.2, 0.25) is 5.91 Å². The quantitative estimate of drug-likeness (QED) is 0.296. The van der Waals surface area contributed by atoms with E-state index in [0.717, 1.165) is 53.3 Å². The lowest BCUT2D eigenvalue weighted by Gasteiger charge is -2.10. The maximum atomic E-state index is 13.4. The maximum absolute atomic E-state index is 13.4. The lowest BCUT2D eigenvalue weighted by Crippen LogP contribution is -2.17. The summed E-state index contributed by atoms with van der Waals surface area (Å²) in [6, 6.07) is 14.1. The Bertz CT molecular complexity index is 2020. The molecule has 170 valence electrons. The fourth-order valence-electron chi connectivity index (χ4n) is 4.50. The Labute approximate surface area is 202 Å². The Morgan fingerprint density at radius 1 is 1.00 bits per heavy atom. The summed E-state index contributed by atoms with van der Waals surface area (Å²) in [6.07, 6.45) is 5.26. The predicted octanol–water partition coefficient (Wildman–Crippen LogP) is 6.13. The van der Waals surface area contributed by atoms with E-state index in [1.807, 2.05) is 50.2 Å². The molecule has 0 aliphatic rings. The van der Waals surface area contributed by atoms with Crippen LogP contribution in [0.5, 0.6) is 0 Å². The van der Waals surface area contributed by atoms with Crippen molar-refractivity contribution in [1.82, 2.24) is 34.7 Å². The molecule has 0 fully saturated rings. The van der Waals surface area contributed by atoms with Gasteiger partial charge in [0.15, 0.2) is 5.65 Å². The zero-order valence-electron chi connectivity index (χ0n) is 18.9. The van der Waals surface area contributed by atoms with Crippen LogP contribution in [0.1, 0.15) is 18.6 Å². The third-order valence-corrected chi connectivity index (χ3v) is 7.36. The highest BCUT2D eigenvalue weighted by atomic mass is 32.1. The molecule has 1 aromatic carbocycles. The number of carbonyl (C=O) groups is 1. The summed E-state index contributed by atoms with van der Waals surface area (Å²) in [7, 11) is 0. The number of thiophene rings is 1. The first-order chi connectivity index (χ1) is 17.1. The summed E-state index contributed by atoms with van der Waals surface area (Å²) in [4.78, 5) is 31.7. The van der Waals surface area contributed by atoms with Gasteiger partial charge in [-0.1, -0.05) is 26.0 Å². The monoisotopic (exact) mass is 477 g/mol. The van der Waals surface area contributed by atoms with Crippen molar-refractivity contribution in [2.45, 2.75) is 13.8 Å². The number of nitrogens with zero attached hydrogens (tertiary/aromatic N) is 5. The maximum Gasteiger partial charge on any atom is 0.234 e. The molecule has 0 radical (unpaired) electrons. The molecule has 0 aliphatic carbocycles. The van der Waals surface area contributed by atoms with E-state index in [9.17, 15) is 4.79 Å². The molecule has 0 saturated carbocycles. The van der Waals surface area contributed by atoms with Gasteiger partial charge in [-0.25, -0.2) is 4.98 Å². The van der Waals surface area contributed by atoms with Crippen LogP contribution in [0.4, 0.5) is 0 Å². The van der Waals surface area contributed by atoms with Crippen LogP contribution < -0.4 is 0 Å². The molecule has 0 spiro atoms. The molecule has 0 saturated heterocycles. The van der Waals surface area contributed by atoms with E-state index >= 15 is 0 Å². The van der Waals surface area contributed by atoms with Crippen molar-refractivity contribution in [3.8, 4) is 0 Å². The van der Waals surface area contributed by atoms with Gasteiger partial charge >= 0.3 is 0 Å². The Morgan fingerprint density at radius 3 is 2.80 bits per heavy atom. The van der Waals surface area contributed by atoms with Crippen molar-refractivity contribution < 1.29 is 4.79 Å². The van der Waals surface area contributed by atoms with E-state index in [4.69, 9.17) is 4.98 Å². The Kier molecular flexibility index (Phi) is 4.19. The van der Waals surface area contributed by atoms with E-state index < -0.39 is 0 Å². The molecule has 2 N–H and O–H groups in total. The number of hydrogen-bond acceptors (Lipinski definition) is 6. The zero-order chi connectivity index (χ0) is 23.7. The van der Waals surface area contributed by atoms with Gasteiger partial charge in [0.25, 0.3) is 0 Å². The first kappa shape index (κ1) is 20.0. The van der Waals surface area contributed by atoms with Crippen molar-refractivity contribution in [1.29, 1.82) is 0 Å². The van der Waals surface area contributed by atoms with Crippen LogP contribution in [0, 0.1) is 5.92 Å². The molecule has 9 heteroatoms. The van der Waals surface area contributed by atoms with Crippen LogP contribution in [0.3, 0.4) is 0 Å². The summed E-state index contributed by atoms with van der Waals surface area (Å²) < 4.78 is 2.78. The minimum Gasteiger partial charge on any atom is -0.337 e. The molecule has 8 nitrogen and oxygen atoms in total. The lowest BCUT2D eigenvalue weighted by molar-refractivity contribution is 0.0865. The topological polar surface area (TPSA) is 105 Å². The van der Waals surface area contributed by atoms with Gasteiger partial charge in [-0.05, 0) is 30.3 Å². The predicted molar refractivity (Wildman–Crippen MR) is 140 cm³/mol. The smallest absolute Gasteiger partial charge is 0.234 e. The third kappa shape index (κ3) is 3.01. The number of carbonyl (C=O) groups excluding carboxylic acids is 1. The molecule has 6 aromatic heterocycles. The van der Waals surface area contributed by atoms with Crippen LogP contribution in [0.25, 0.3) is 64.4 Å². The highest BCUT2D eigenvalue weighted by Gasteiger charge is 2.15. The van der Waals surface area contributed by atoms with Gasteiger partial charge in [-0.3, -0.25) is 24.4 Å². The van der Waals surface area contributed by atoms with Gasteiger partial charge in [0.05, 0.1) is 40.0 Å². The van der Waals surface area contributed by atoms with Crippen LogP contribution in [-0.2, 0) is 0 Å². The minimum absolute atomic E-state index is 0.00228. The highest BCUT2D eigenvalue weighted by Crippen LogP contribution is 2.30. The molecular formula is C26H19N7OS. The van der Waals surface area contributed by atoms with E-state index in [1.165, 1.54) is 0 Å².